The van der Waals surface area contributed by atoms with E-state index in [0.29, 0.717) is 16.5 Å². The number of alkyl halides is 3. The van der Waals surface area contributed by atoms with E-state index < -0.39 is 23.0 Å². The number of carbonyl (C=O) groups is 2. The highest BCUT2D eigenvalue weighted by atomic mass is 35.5. The Bertz CT molecular complexity index is 1110. The van der Waals surface area contributed by atoms with Crippen LogP contribution in [0.15, 0.2) is 36.5 Å². The van der Waals surface area contributed by atoms with Gasteiger partial charge in [0.25, 0.3) is 5.91 Å². The van der Waals surface area contributed by atoms with Crippen molar-refractivity contribution in [1.82, 2.24) is 19.9 Å². The topological polar surface area (TPSA) is 76.4 Å². The maximum atomic E-state index is 13.7. The summed E-state index contributed by atoms with van der Waals surface area (Å²) in [5.41, 5.74) is 0.281. The fraction of sp³-hybridized carbons (Fsp3) is 0.333. The van der Waals surface area contributed by atoms with Crippen LogP contribution in [-0.4, -0.2) is 32.3 Å². The SMILES string of the molecule is CC(C)c1ccc(-c2cc(C(F)(F)F)n3ncc(C(=O)NCCCC(=O)Cl)c3n2)cc1. The van der Waals surface area contributed by atoms with Gasteiger partial charge >= 0.3 is 6.18 Å². The van der Waals surface area contributed by atoms with Gasteiger partial charge in [0.1, 0.15) is 5.56 Å². The summed E-state index contributed by atoms with van der Waals surface area (Å²) in [4.78, 5) is 27.6. The second-order valence-corrected chi connectivity index (χ2v) is 7.73. The van der Waals surface area contributed by atoms with Crippen molar-refractivity contribution in [3.63, 3.8) is 0 Å². The van der Waals surface area contributed by atoms with E-state index >= 15 is 0 Å². The van der Waals surface area contributed by atoms with Crippen molar-refractivity contribution in [2.45, 2.75) is 38.8 Å². The zero-order valence-electron chi connectivity index (χ0n) is 16.8. The summed E-state index contributed by atoms with van der Waals surface area (Å²) in [6, 6.07) is 7.99. The van der Waals surface area contributed by atoms with Crippen LogP contribution in [0.5, 0.6) is 0 Å². The van der Waals surface area contributed by atoms with E-state index in [9.17, 15) is 22.8 Å². The van der Waals surface area contributed by atoms with E-state index in [1.54, 1.807) is 12.1 Å². The maximum Gasteiger partial charge on any atom is 0.433 e. The third kappa shape index (κ3) is 5.22. The van der Waals surface area contributed by atoms with Gasteiger partial charge in [-0.15, -0.1) is 0 Å². The van der Waals surface area contributed by atoms with E-state index in [-0.39, 0.29) is 35.8 Å². The number of rotatable bonds is 7. The van der Waals surface area contributed by atoms with Crippen molar-refractivity contribution < 1.29 is 22.8 Å². The normalized spacial score (nSPS) is 11.8. The van der Waals surface area contributed by atoms with Crippen LogP contribution in [0.4, 0.5) is 13.2 Å². The van der Waals surface area contributed by atoms with Gasteiger partial charge in [-0.3, -0.25) is 9.59 Å². The Labute approximate surface area is 181 Å². The van der Waals surface area contributed by atoms with Gasteiger partial charge in [0.2, 0.25) is 5.24 Å². The molecule has 0 spiro atoms. The molecule has 1 amide bonds. The fourth-order valence-electron chi connectivity index (χ4n) is 3.04. The Balaban J connectivity index is 2.01. The molecule has 31 heavy (non-hydrogen) atoms. The van der Waals surface area contributed by atoms with E-state index in [1.165, 1.54) is 0 Å². The average molecular weight is 453 g/mol. The second-order valence-electron chi connectivity index (χ2n) is 7.31. The van der Waals surface area contributed by atoms with Crippen LogP contribution >= 0.6 is 11.6 Å². The number of nitrogens with zero attached hydrogens (tertiary/aromatic N) is 3. The smallest absolute Gasteiger partial charge is 0.352 e. The molecule has 1 aromatic carbocycles. The number of carbonyl (C=O) groups excluding carboxylic acids is 2. The lowest BCUT2D eigenvalue weighted by atomic mass is 10.0. The third-order valence-electron chi connectivity index (χ3n) is 4.72. The molecule has 0 radical (unpaired) electrons. The molecule has 0 bridgehead atoms. The first-order valence-corrected chi connectivity index (χ1v) is 9.98. The van der Waals surface area contributed by atoms with Gasteiger partial charge in [0, 0.05) is 18.5 Å². The lowest BCUT2D eigenvalue weighted by Gasteiger charge is -2.12. The summed E-state index contributed by atoms with van der Waals surface area (Å²) in [5, 5.41) is 5.75. The predicted octanol–water partition coefficient (Wildman–Crippen LogP) is 4.81. The van der Waals surface area contributed by atoms with Gasteiger partial charge in [-0.2, -0.15) is 18.3 Å². The minimum atomic E-state index is -4.70. The van der Waals surface area contributed by atoms with Crippen molar-refractivity contribution in [3.8, 4) is 11.3 Å². The second kappa shape index (κ2) is 9.05. The Kier molecular flexibility index (Phi) is 6.64. The molecule has 3 rings (SSSR count). The van der Waals surface area contributed by atoms with Gasteiger partial charge in [-0.05, 0) is 35.6 Å². The third-order valence-corrected chi connectivity index (χ3v) is 4.90. The number of aromatic nitrogens is 3. The first-order valence-electron chi connectivity index (χ1n) is 9.60. The standard InChI is InChI=1S/C21H20ClF3N4O2/c1-12(2)13-5-7-14(8-6-13)16-10-17(21(23,24)25)29-19(28-16)15(11-27-29)20(31)26-9-3-4-18(22)30/h5-8,10-12H,3-4,9H2,1-2H3,(H,26,31). The summed E-state index contributed by atoms with van der Waals surface area (Å²) >= 11 is 5.25. The molecule has 6 nitrogen and oxygen atoms in total. The van der Waals surface area contributed by atoms with Crippen LogP contribution in [0.3, 0.4) is 0 Å². The molecule has 0 aliphatic rings. The molecule has 0 atom stereocenters. The Hall–Kier alpha value is -2.94. The first kappa shape index (κ1) is 22.7. The van der Waals surface area contributed by atoms with Crippen molar-refractivity contribution in [1.29, 1.82) is 0 Å². The molecule has 2 aromatic heterocycles. The van der Waals surface area contributed by atoms with Crippen LogP contribution in [-0.2, 0) is 11.0 Å². The Morgan fingerprint density at radius 3 is 2.45 bits per heavy atom. The van der Waals surface area contributed by atoms with Crippen molar-refractivity contribution in [2.24, 2.45) is 0 Å². The number of halogens is 4. The van der Waals surface area contributed by atoms with Crippen LogP contribution in [0, 0.1) is 0 Å². The van der Waals surface area contributed by atoms with E-state index in [0.717, 1.165) is 17.8 Å². The zero-order chi connectivity index (χ0) is 22.8. The predicted molar refractivity (Wildman–Crippen MR) is 110 cm³/mol. The molecule has 0 aliphatic heterocycles. The number of benzene rings is 1. The van der Waals surface area contributed by atoms with E-state index in [2.05, 4.69) is 15.4 Å². The Morgan fingerprint density at radius 2 is 1.87 bits per heavy atom. The number of hydrogen-bond acceptors (Lipinski definition) is 4. The summed E-state index contributed by atoms with van der Waals surface area (Å²) in [6.45, 7) is 4.17. The number of fused-ring (bicyclic) bond motifs is 1. The monoisotopic (exact) mass is 452 g/mol. The minimum Gasteiger partial charge on any atom is -0.352 e. The minimum absolute atomic E-state index is 0.0730. The van der Waals surface area contributed by atoms with Crippen molar-refractivity contribution in [2.75, 3.05) is 6.54 Å². The zero-order valence-corrected chi connectivity index (χ0v) is 17.6. The molecule has 3 aromatic rings. The van der Waals surface area contributed by atoms with Crippen molar-refractivity contribution in [3.05, 3.63) is 53.3 Å². The molecule has 0 saturated heterocycles. The Morgan fingerprint density at radius 1 is 1.19 bits per heavy atom. The summed E-state index contributed by atoms with van der Waals surface area (Å²) in [5.74, 6) is -0.362. The number of nitrogens with one attached hydrogen (secondary N) is 1. The van der Waals surface area contributed by atoms with E-state index in [4.69, 9.17) is 11.6 Å². The summed E-state index contributed by atoms with van der Waals surface area (Å²) in [7, 11) is 0. The molecule has 0 fully saturated rings. The largest absolute Gasteiger partial charge is 0.433 e. The highest BCUT2D eigenvalue weighted by molar-refractivity contribution is 6.63. The van der Waals surface area contributed by atoms with Gasteiger partial charge in [0.15, 0.2) is 11.3 Å². The molecular weight excluding hydrogens is 433 g/mol. The number of amides is 1. The number of hydrogen-bond donors (Lipinski definition) is 1. The van der Waals surface area contributed by atoms with Gasteiger partial charge < -0.3 is 5.32 Å². The van der Waals surface area contributed by atoms with Crippen LogP contribution in [0.25, 0.3) is 16.9 Å². The van der Waals surface area contributed by atoms with Crippen LogP contribution in [0.1, 0.15) is 54.2 Å². The molecular formula is C21H20ClF3N4O2. The van der Waals surface area contributed by atoms with Crippen molar-refractivity contribution >= 4 is 28.4 Å². The molecule has 164 valence electrons. The van der Waals surface area contributed by atoms with Gasteiger partial charge in [-0.1, -0.05) is 38.1 Å². The summed E-state index contributed by atoms with van der Waals surface area (Å²) in [6.07, 6.45) is -3.27. The lowest BCUT2D eigenvalue weighted by molar-refractivity contribution is -0.142. The molecule has 0 unspecified atom stereocenters. The first-order chi connectivity index (χ1) is 14.6. The summed E-state index contributed by atoms with van der Waals surface area (Å²) < 4.78 is 41.7. The quantitative estimate of drug-likeness (QED) is 0.412. The average Bonchev–Trinajstić information content (AvgIpc) is 3.13. The molecule has 10 heteroatoms. The van der Waals surface area contributed by atoms with Gasteiger partial charge in [-0.25, -0.2) is 9.50 Å². The molecule has 0 saturated carbocycles. The molecule has 1 N–H and O–H groups in total. The maximum absolute atomic E-state index is 13.7. The molecule has 2 heterocycles. The van der Waals surface area contributed by atoms with E-state index in [1.807, 2.05) is 26.0 Å². The van der Waals surface area contributed by atoms with Crippen LogP contribution < -0.4 is 5.32 Å². The van der Waals surface area contributed by atoms with Gasteiger partial charge in [0.05, 0.1) is 11.9 Å². The van der Waals surface area contributed by atoms with Crippen LogP contribution in [0.2, 0.25) is 0 Å². The highest BCUT2D eigenvalue weighted by Gasteiger charge is 2.36. The highest BCUT2D eigenvalue weighted by Crippen LogP contribution is 2.33. The lowest BCUT2D eigenvalue weighted by Crippen LogP contribution is -2.25. The molecule has 0 aliphatic carbocycles. The fourth-order valence-corrected chi connectivity index (χ4v) is 3.17.